The highest BCUT2D eigenvalue weighted by Crippen LogP contribution is 2.23. The number of thioether (sulfide) groups is 1. The van der Waals surface area contributed by atoms with Crippen molar-refractivity contribution in [3.05, 3.63) is 24.0 Å². The van der Waals surface area contributed by atoms with Gasteiger partial charge in [-0.25, -0.2) is 4.39 Å². The van der Waals surface area contributed by atoms with Crippen molar-refractivity contribution in [2.75, 3.05) is 35.0 Å². The summed E-state index contributed by atoms with van der Waals surface area (Å²) in [6.07, 6.45) is 3.30. The molecule has 1 fully saturated rings. The summed E-state index contributed by atoms with van der Waals surface area (Å²) in [6.45, 7) is 0. The Bertz CT molecular complexity index is 724. The molecule has 4 N–H and O–H groups in total. The van der Waals surface area contributed by atoms with Crippen LogP contribution in [0.3, 0.4) is 0 Å². The predicted molar refractivity (Wildman–Crippen MR) is 99.1 cm³/mol. The number of rotatable bonds is 5. The van der Waals surface area contributed by atoms with E-state index in [2.05, 4.69) is 25.6 Å². The van der Waals surface area contributed by atoms with E-state index in [0.717, 1.165) is 18.6 Å². The standard InChI is InChI=1S/C16H21FN6OS/c1-24-13-5-4-11(9-12(13)17)20-16-22-14(18)21-15(23-16)19-10-3-2-7-25-8-6-10/h4-5,9-10H,2-3,6-8H2,1H3,(H4,18,19,20,21,22,23). The average Bonchev–Trinajstić information content (AvgIpc) is 2.83. The van der Waals surface area contributed by atoms with Gasteiger partial charge in [-0.2, -0.15) is 26.7 Å². The molecule has 2 aromatic rings. The molecule has 0 radical (unpaired) electrons. The fourth-order valence-corrected chi connectivity index (χ4v) is 3.64. The lowest BCUT2D eigenvalue weighted by Gasteiger charge is -2.16. The average molecular weight is 364 g/mol. The van der Waals surface area contributed by atoms with Crippen molar-refractivity contribution in [2.24, 2.45) is 0 Å². The molecule has 3 rings (SSSR count). The number of aromatic nitrogens is 3. The summed E-state index contributed by atoms with van der Waals surface area (Å²) >= 11 is 1.97. The quantitative estimate of drug-likeness (QED) is 0.745. The number of methoxy groups -OCH3 is 1. The first-order valence-corrected chi connectivity index (χ1v) is 9.26. The van der Waals surface area contributed by atoms with Gasteiger partial charge in [0.05, 0.1) is 7.11 Å². The maximum atomic E-state index is 13.8. The van der Waals surface area contributed by atoms with Crippen molar-refractivity contribution in [3.8, 4) is 5.75 Å². The lowest BCUT2D eigenvalue weighted by Crippen LogP contribution is -2.21. The zero-order valence-electron chi connectivity index (χ0n) is 14.0. The minimum atomic E-state index is -0.469. The Morgan fingerprint density at radius 1 is 1.20 bits per heavy atom. The number of benzene rings is 1. The highest BCUT2D eigenvalue weighted by Gasteiger charge is 2.15. The van der Waals surface area contributed by atoms with Gasteiger partial charge in [0.1, 0.15) is 0 Å². The molecular weight excluding hydrogens is 343 g/mol. The molecule has 9 heteroatoms. The van der Waals surface area contributed by atoms with E-state index in [9.17, 15) is 4.39 Å². The number of halogens is 1. The van der Waals surface area contributed by atoms with Crippen molar-refractivity contribution in [2.45, 2.75) is 25.3 Å². The van der Waals surface area contributed by atoms with E-state index in [-0.39, 0.29) is 17.6 Å². The van der Waals surface area contributed by atoms with Gasteiger partial charge < -0.3 is 21.1 Å². The highest BCUT2D eigenvalue weighted by atomic mass is 32.2. The third kappa shape index (κ3) is 4.85. The van der Waals surface area contributed by atoms with Crippen LogP contribution in [-0.2, 0) is 0 Å². The summed E-state index contributed by atoms with van der Waals surface area (Å²) in [5.74, 6) is 2.82. The van der Waals surface area contributed by atoms with E-state index in [0.29, 0.717) is 17.7 Å². The topological polar surface area (TPSA) is 98.0 Å². The molecule has 0 spiro atoms. The summed E-state index contributed by atoms with van der Waals surface area (Å²) in [7, 11) is 1.42. The Morgan fingerprint density at radius 3 is 2.84 bits per heavy atom. The molecule has 1 aromatic carbocycles. The molecule has 1 aliphatic rings. The molecule has 0 saturated carbocycles. The van der Waals surface area contributed by atoms with Crippen LogP contribution in [-0.4, -0.2) is 39.6 Å². The molecule has 0 amide bonds. The Hall–Kier alpha value is -2.29. The molecule has 0 aliphatic carbocycles. The number of ether oxygens (including phenoxy) is 1. The van der Waals surface area contributed by atoms with E-state index < -0.39 is 5.82 Å². The Balaban J connectivity index is 1.73. The van der Waals surface area contributed by atoms with Crippen molar-refractivity contribution in [1.82, 2.24) is 15.0 Å². The van der Waals surface area contributed by atoms with Gasteiger partial charge in [0, 0.05) is 17.8 Å². The van der Waals surface area contributed by atoms with Crippen molar-refractivity contribution in [3.63, 3.8) is 0 Å². The second-order valence-corrected chi connectivity index (χ2v) is 6.92. The summed E-state index contributed by atoms with van der Waals surface area (Å²) in [4.78, 5) is 12.5. The van der Waals surface area contributed by atoms with Crippen LogP contribution >= 0.6 is 11.8 Å². The monoisotopic (exact) mass is 364 g/mol. The van der Waals surface area contributed by atoms with Gasteiger partial charge in [0.15, 0.2) is 11.6 Å². The van der Waals surface area contributed by atoms with Crippen LogP contribution in [0.2, 0.25) is 0 Å². The molecule has 1 unspecified atom stereocenters. The second kappa shape index (κ2) is 8.19. The zero-order valence-corrected chi connectivity index (χ0v) is 14.8. The number of nitrogens with two attached hydrogens (primary N) is 1. The van der Waals surface area contributed by atoms with Gasteiger partial charge in [-0.05, 0) is 42.9 Å². The Kier molecular flexibility index (Phi) is 5.75. The van der Waals surface area contributed by atoms with E-state index in [1.54, 1.807) is 6.07 Å². The van der Waals surface area contributed by atoms with Crippen LogP contribution in [0.25, 0.3) is 0 Å². The molecule has 2 heterocycles. The van der Waals surface area contributed by atoms with E-state index >= 15 is 0 Å². The van der Waals surface area contributed by atoms with Crippen molar-refractivity contribution in [1.29, 1.82) is 0 Å². The van der Waals surface area contributed by atoms with E-state index in [4.69, 9.17) is 10.5 Å². The fourth-order valence-electron chi connectivity index (χ4n) is 2.62. The summed E-state index contributed by atoms with van der Waals surface area (Å²) < 4.78 is 18.7. The number of nitrogen functional groups attached to an aromatic ring is 1. The minimum absolute atomic E-state index is 0.108. The second-order valence-electron chi connectivity index (χ2n) is 5.70. The van der Waals surface area contributed by atoms with Gasteiger partial charge in [0.25, 0.3) is 0 Å². The number of hydrogen-bond donors (Lipinski definition) is 3. The van der Waals surface area contributed by atoms with Gasteiger partial charge in [-0.15, -0.1) is 0 Å². The van der Waals surface area contributed by atoms with Gasteiger partial charge in [0.2, 0.25) is 17.8 Å². The lowest BCUT2D eigenvalue weighted by atomic mass is 10.1. The molecule has 0 bridgehead atoms. The zero-order chi connectivity index (χ0) is 17.6. The fraction of sp³-hybridized carbons (Fsp3) is 0.438. The van der Waals surface area contributed by atoms with Crippen molar-refractivity contribution < 1.29 is 9.13 Å². The summed E-state index contributed by atoms with van der Waals surface area (Å²) in [6, 6.07) is 4.85. The smallest absolute Gasteiger partial charge is 0.233 e. The predicted octanol–water partition coefficient (Wildman–Crippen LogP) is 3.04. The summed E-state index contributed by atoms with van der Waals surface area (Å²) in [5.41, 5.74) is 6.28. The maximum absolute atomic E-state index is 13.8. The lowest BCUT2D eigenvalue weighted by molar-refractivity contribution is 0.386. The number of nitrogens with one attached hydrogen (secondary N) is 2. The van der Waals surface area contributed by atoms with Crippen LogP contribution in [0, 0.1) is 5.82 Å². The van der Waals surface area contributed by atoms with E-state index in [1.165, 1.54) is 31.4 Å². The van der Waals surface area contributed by atoms with Gasteiger partial charge in [-0.1, -0.05) is 0 Å². The molecule has 1 saturated heterocycles. The molecule has 25 heavy (non-hydrogen) atoms. The first-order valence-electron chi connectivity index (χ1n) is 8.10. The molecule has 1 atom stereocenters. The third-order valence-corrected chi connectivity index (χ3v) is 4.95. The van der Waals surface area contributed by atoms with Gasteiger partial charge in [-0.3, -0.25) is 0 Å². The Morgan fingerprint density at radius 2 is 2.04 bits per heavy atom. The third-order valence-electron chi connectivity index (χ3n) is 3.85. The molecular formula is C16H21FN6OS. The van der Waals surface area contributed by atoms with E-state index in [1.807, 2.05) is 11.8 Å². The van der Waals surface area contributed by atoms with Crippen LogP contribution in [0.5, 0.6) is 5.75 Å². The normalized spacial score (nSPS) is 17.6. The number of hydrogen-bond acceptors (Lipinski definition) is 8. The van der Waals surface area contributed by atoms with Crippen LogP contribution in [0.15, 0.2) is 18.2 Å². The number of nitrogens with zero attached hydrogens (tertiary/aromatic N) is 3. The molecule has 1 aromatic heterocycles. The number of anilines is 4. The largest absolute Gasteiger partial charge is 0.494 e. The molecule has 1 aliphatic heterocycles. The van der Waals surface area contributed by atoms with Crippen molar-refractivity contribution >= 4 is 35.3 Å². The first-order chi connectivity index (χ1) is 12.1. The van der Waals surface area contributed by atoms with Gasteiger partial charge >= 0.3 is 0 Å². The minimum Gasteiger partial charge on any atom is -0.494 e. The van der Waals surface area contributed by atoms with Crippen LogP contribution < -0.4 is 21.1 Å². The maximum Gasteiger partial charge on any atom is 0.233 e. The van der Waals surface area contributed by atoms with Crippen LogP contribution in [0.4, 0.5) is 27.9 Å². The molecule has 7 nitrogen and oxygen atoms in total. The SMILES string of the molecule is COc1ccc(Nc2nc(N)nc(NC3CCCSCC3)n2)cc1F. The summed E-state index contributed by atoms with van der Waals surface area (Å²) in [5, 5.41) is 6.27. The molecule has 134 valence electrons. The Labute approximate surface area is 150 Å². The first kappa shape index (κ1) is 17.5. The highest BCUT2D eigenvalue weighted by molar-refractivity contribution is 7.99. The van der Waals surface area contributed by atoms with Crippen LogP contribution in [0.1, 0.15) is 19.3 Å².